The molecule has 14 heavy (non-hydrogen) atoms. The zero-order valence-electron chi connectivity index (χ0n) is 8.36. The van der Waals surface area contributed by atoms with Gasteiger partial charge in [-0.25, -0.2) is 0 Å². The molecule has 0 aliphatic heterocycles. The molecule has 0 spiro atoms. The summed E-state index contributed by atoms with van der Waals surface area (Å²) in [4.78, 5) is 0. The van der Waals surface area contributed by atoms with Crippen molar-refractivity contribution >= 4 is 10.8 Å². The van der Waals surface area contributed by atoms with Gasteiger partial charge < -0.3 is 11.7 Å². The predicted molar refractivity (Wildman–Crippen MR) is 56.8 cm³/mol. The van der Waals surface area contributed by atoms with Crippen molar-refractivity contribution in [1.82, 2.24) is 0 Å². The third-order valence-electron chi connectivity index (χ3n) is 1.75. The Bertz CT molecular complexity index is 308. The van der Waals surface area contributed by atoms with Crippen molar-refractivity contribution in [2.75, 3.05) is 13.7 Å². The Labute approximate surface area is 104 Å². The molecule has 2 aromatic rings. The number of rotatable bonds is 1. The SMILES string of the molecule is [CH2-]COC.[Hf].c1ccc2[cH-]ccc2c1. The third kappa shape index (κ3) is 4.25. The molecular weight excluding hydrogens is 339 g/mol. The summed E-state index contributed by atoms with van der Waals surface area (Å²) in [6.07, 6.45) is 0. The average Bonchev–Trinajstić information content (AvgIpc) is 2.66. The smallest absolute Gasteiger partial charge is 0.0319 e. The number of benzene rings is 1. The van der Waals surface area contributed by atoms with Gasteiger partial charge in [0.05, 0.1) is 0 Å². The molecule has 0 atom stereocenters. The summed E-state index contributed by atoms with van der Waals surface area (Å²) in [6, 6.07) is 14.7. The number of ether oxygens (including phenoxy) is 1. The average molecular weight is 353 g/mol. The molecule has 0 bridgehead atoms. The molecule has 0 aliphatic carbocycles. The maximum absolute atomic E-state index is 4.43. The van der Waals surface area contributed by atoms with Gasteiger partial charge in [0.1, 0.15) is 0 Å². The van der Waals surface area contributed by atoms with Gasteiger partial charge in [-0.05, 0) is 0 Å². The van der Waals surface area contributed by atoms with Crippen LogP contribution in [0.4, 0.5) is 0 Å². The Morgan fingerprint density at radius 1 is 1.29 bits per heavy atom. The van der Waals surface area contributed by atoms with Crippen LogP contribution in [-0.4, -0.2) is 13.7 Å². The van der Waals surface area contributed by atoms with Gasteiger partial charge in [-0.2, -0.15) is 17.5 Å². The van der Waals surface area contributed by atoms with E-state index >= 15 is 0 Å². The van der Waals surface area contributed by atoms with Crippen LogP contribution in [0.5, 0.6) is 0 Å². The second-order valence-electron chi connectivity index (χ2n) is 2.65. The molecule has 0 N–H and O–H groups in total. The second kappa shape index (κ2) is 8.01. The summed E-state index contributed by atoms with van der Waals surface area (Å²) >= 11 is 0. The molecule has 1 nitrogen and oxygen atoms in total. The Kier molecular flexibility index (Phi) is 7.81. The Balaban J connectivity index is 0.000000299. The van der Waals surface area contributed by atoms with Crippen LogP contribution in [0.15, 0.2) is 42.5 Å². The Morgan fingerprint density at radius 2 is 1.93 bits per heavy atom. The van der Waals surface area contributed by atoms with Gasteiger partial charge in [0.2, 0.25) is 0 Å². The number of fused-ring (bicyclic) bond motifs is 1. The van der Waals surface area contributed by atoms with Crippen molar-refractivity contribution in [3.63, 3.8) is 0 Å². The van der Waals surface area contributed by atoms with Crippen LogP contribution in [0.1, 0.15) is 0 Å². The van der Waals surface area contributed by atoms with Gasteiger partial charge >= 0.3 is 0 Å². The Morgan fingerprint density at radius 3 is 2.50 bits per heavy atom. The molecule has 0 saturated carbocycles. The molecule has 74 valence electrons. The minimum Gasteiger partial charge on any atom is -0.417 e. The van der Waals surface area contributed by atoms with Crippen LogP contribution in [-0.2, 0) is 30.6 Å². The van der Waals surface area contributed by atoms with E-state index in [1.807, 2.05) is 0 Å². The van der Waals surface area contributed by atoms with E-state index in [0.717, 1.165) is 0 Å². The zero-order valence-corrected chi connectivity index (χ0v) is 12.0. The van der Waals surface area contributed by atoms with E-state index in [1.54, 1.807) is 7.11 Å². The first-order valence-corrected chi connectivity index (χ1v) is 4.27. The fourth-order valence-corrected chi connectivity index (χ4v) is 1.07. The van der Waals surface area contributed by atoms with Gasteiger partial charge in [-0.1, -0.05) is 12.7 Å². The topological polar surface area (TPSA) is 9.23 Å². The summed E-state index contributed by atoms with van der Waals surface area (Å²) in [6.45, 7) is 3.95. The van der Waals surface area contributed by atoms with E-state index in [-0.39, 0.29) is 25.8 Å². The molecule has 0 saturated heterocycles. The van der Waals surface area contributed by atoms with E-state index in [1.165, 1.54) is 10.8 Å². The summed E-state index contributed by atoms with van der Waals surface area (Å²) in [7, 11) is 1.62. The molecule has 0 radical (unpaired) electrons. The summed E-state index contributed by atoms with van der Waals surface area (Å²) in [5.41, 5.74) is 0. The largest absolute Gasteiger partial charge is 0.417 e. The van der Waals surface area contributed by atoms with E-state index in [0.29, 0.717) is 6.61 Å². The van der Waals surface area contributed by atoms with Gasteiger partial charge in [-0.15, -0.1) is 29.7 Å². The van der Waals surface area contributed by atoms with Crippen molar-refractivity contribution in [2.24, 2.45) is 0 Å². The van der Waals surface area contributed by atoms with E-state index < -0.39 is 0 Å². The van der Waals surface area contributed by atoms with Gasteiger partial charge in [0.15, 0.2) is 0 Å². The number of hydrogen-bond acceptors (Lipinski definition) is 1. The van der Waals surface area contributed by atoms with Crippen LogP contribution in [0.3, 0.4) is 0 Å². The predicted octanol–water partition coefficient (Wildman–Crippen LogP) is 3.02. The molecule has 2 aromatic carbocycles. The Hall–Kier alpha value is -0.340. The second-order valence-corrected chi connectivity index (χ2v) is 2.65. The van der Waals surface area contributed by atoms with Gasteiger partial charge in [0, 0.05) is 33.0 Å². The van der Waals surface area contributed by atoms with E-state index in [4.69, 9.17) is 0 Å². The summed E-state index contributed by atoms with van der Waals surface area (Å²) in [5.74, 6) is 0. The van der Waals surface area contributed by atoms with Crippen LogP contribution in [0, 0.1) is 6.92 Å². The van der Waals surface area contributed by atoms with Gasteiger partial charge in [0.25, 0.3) is 0 Å². The van der Waals surface area contributed by atoms with Crippen LogP contribution >= 0.6 is 0 Å². The molecule has 0 aromatic heterocycles. The monoisotopic (exact) mass is 354 g/mol. The van der Waals surface area contributed by atoms with E-state index in [2.05, 4.69) is 54.1 Å². The van der Waals surface area contributed by atoms with Gasteiger partial charge in [-0.3, -0.25) is 0 Å². The molecule has 0 aliphatic rings. The summed E-state index contributed by atoms with van der Waals surface area (Å²) < 4.78 is 4.43. The third-order valence-corrected chi connectivity index (χ3v) is 1.75. The first-order valence-electron chi connectivity index (χ1n) is 4.27. The number of methoxy groups -OCH3 is 1. The molecule has 2 heteroatoms. The number of hydrogen-bond donors (Lipinski definition) is 0. The van der Waals surface area contributed by atoms with Crippen molar-refractivity contribution < 1.29 is 30.6 Å². The van der Waals surface area contributed by atoms with Crippen LogP contribution in [0.25, 0.3) is 10.8 Å². The minimum atomic E-state index is 0. The van der Waals surface area contributed by atoms with Crippen molar-refractivity contribution in [1.29, 1.82) is 0 Å². The van der Waals surface area contributed by atoms with Crippen molar-refractivity contribution in [2.45, 2.75) is 0 Å². The van der Waals surface area contributed by atoms with E-state index in [9.17, 15) is 0 Å². The summed E-state index contributed by atoms with van der Waals surface area (Å²) in [5, 5.41) is 2.66. The molecule has 2 rings (SSSR count). The first-order chi connectivity index (χ1) is 6.38. The standard InChI is InChI=1S/C9H7.C3H7O.Hf/c1-2-5-9-7-3-6-8(9)4-1;1-3-4-2;/h1-7H;1,3H2,2H3;/q2*-1;. The molecule has 0 amide bonds. The molecular formula is C12H14HfO-2. The fraction of sp³-hybridized carbons (Fsp3) is 0.167. The molecule has 0 unspecified atom stereocenters. The van der Waals surface area contributed by atoms with Crippen LogP contribution < -0.4 is 0 Å². The maximum atomic E-state index is 4.43. The van der Waals surface area contributed by atoms with Crippen LogP contribution in [0.2, 0.25) is 0 Å². The first kappa shape index (κ1) is 13.7. The van der Waals surface area contributed by atoms with Crippen molar-refractivity contribution in [3.05, 3.63) is 49.4 Å². The zero-order chi connectivity index (χ0) is 9.52. The maximum Gasteiger partial charge on any atom is 0.0319 e. The normalized spacial score (nSPS) is 8.71. The quantitative estimate of drug-likeness (QED) is 0.566. The fourth-order valence-electron chi connectivity index (χ4n) is 1.07. The molecule has 0 fully saturated rings. The van der Waals surface area contributed by atoms with Crippen molar-refractivity contribution in [3.8, 4) is 0 Å². The minimum absolute atomic E-state index is 0. The molecule has 0 heterocycles.